The van der Waals surface area contributed by atoms with Crippen molar-refractivity contribution >= 4 is 28.9 Å². The SMILES string of the molecule is CCc1ccc(C(c2ccc(Cl)s2)N2CCC(C(=O)O)CC2)nc1. The van der Waals surface area contributed by atoms with Crippen LogP contribution in [-0.2, 0) is 11.2 Å². The summed E-state index contributed by atoms with van der Waals surface area (Å²) in [6.07, 6.45) is 4.25. The second kappa shape index (κ2) is 7.64. The molecule has 1 N–H and O–H groups in total. The maximum atomic E-state index is 11.2. The van der Waals surface area contributed by atoms with Crippen LogP contribution in [0.5, 0.6) is 0 Å². The van der Waals surface area contributed by atoms with Gasteiger partial charge in [-0.05, 0) is 56.1 Å². The van der Waals surface area contributed by atoms with Crippen LogP contribution in [0.2, 0.25) is 4.34 Å². The summed E-state index contributed by atoms with van der Waals surface area (Å²) in [5.41, 5.74) is 2.21. The number of carboxylic acids is 1. The Morgan fingerprint density at radius 1 is 1.38 bits per heavy atom. The van der Waals surface area contributed by atoms with Gasteiger partial charge < -0.3 is 5.11 Å². The Hall–Kier alpha value is -1.43. The fourth-order valence-electron chi connectivity index (χ4n) is 3.20. The Kier molecular flexibility index (Phi) is 5.54. The van der Waals surface area contributed by atoms with E-state index < -0.39 is 5.97 Å². The Labute approximate surface area is 151 Å². The molecule has 0 bridgehead atoms. The van der Waals surface area contributed by atoms with Crippen LogP contribution in [0.4, 0.5) is 0 Å². The molecule has 2 aromatic rings. The highest BCUT2D eigenvalue weighted by Crippen LogP contribution is 2.36. The normalized spacial score (nSPS) is 17.8. The van der Waals surface area contributed by atoms with E-state index in [0.717, 1.165) is 34.4 Å². The van der Waals surface area contributed by atoms with Crippen molar-refractivity contribution in [3.63, 3.8) is 0 Å². The highest BCUT2D eigenvalue weighted by Gasteiger charge is 2.31. The summed E-state index contributed by atoms with van der Waals surface area (Å²) in [5, 5.41) is 9.21. The zero-order chi connectivity index (χ0) is 17.1. The fraction of sp³-hybridized carbons (Fsp3) is 0.444. The molecule has 1 atom stereocenters. The molecule has 24 heavy (non-hydrogen) atoms. The molecule has 1 aliphatic heterocycles. The molecule has 1 aliphatic rings. The van der Waals surface area contributed by atoms with E-state index in [1.54, 1.807) is 11.3 Å². The van der Waals surface area contributed by atoms with Gasteiger partial charge >= 0.3 is 5.97 Å². The van der Waals surface area contributed by atoms with Crippen LogP contribution in [-0.4, -0.2) is 34.0 Å². The molecule has 0 amide bonds. The second-order valence-corrected chi connectivity index (χ2v) is 7.88. The summed E-state index contributed by atoms with van der Waals surface area (Å²) in [4.78, 5) is 19.4. The number of carbonyl (C=O) groups is 1. The van der Waals surface area contributed by atoms with Crippen LogP contribution in [0.15, 0.2) is 30.5 Å². The summed E-state index contributed by atoms with van der Waals surface area (Å²) >= 11 is 7.71. The number of aromatic nitrogens is 1. The molecular weight excluding hydrogens is 344 g/mol. The second-order valence-electron chi connectivity index (χ2n) is 6.14. The molecule has 0 radical (unpaired) electrons. The van der Waals surface area contributed by atoms with Crippen molar-refractivity contribution < 1.29 is 9.90 Å². The molecule has 0 spiro atoms. The molecule has 1 saturated heterocycles. The lowest BCUT2D eigenvalue weighted by Gasteiger charge is -2.35. The molecule has 0 saturated carbocycles. The number of piperidine rings is 1. The van der Waals surface area contributed by atoms with Gasteiger partial charge in [0.2, 0.25) is 0 Å². The van der Waals surface area contributed by atoms with Gasteiger partial charge in [-0.15, -0.1) is 11.3 Å². The number of thiophene rings is 1. The first-order valence-corrected chi connectivity index (χ1v) is 9.45. The first-order chi connectivity index (χ1) is 11.6. The number of pyridine rings is 1. The molecule has 1 fully saturated rings. The van der Waals surface area contributed by atoms with Crippen molar-refractivity contribution in [1.82, 2.24) is 9.88 Å². The minimum atomic E-state index is -0.684. The lowest BCUT2D eigenvalue weighted by Crippen LogP contribution is -2.39. The maximum Gasteiger partial charge on any atom is 0.306 e. The number of aryl methyl sites for hydroxylation is 1. The maximum absolute atomic E-state index is 11.2. The number of aliphatic carboxylic acids is 1. The third-order valence-electron chi connectivity index (χ3n) is 4.64. The lowest BCUT2D eigenvalue weighted by molar-refractivity contribution is -0.143. The zero-order valence-electron chi connectivity index (χ0n) is 13.6. The minimum Gasteiger partial charge on any atom is -0.481 e. The van der Waals surface area contributed by atoms with Gasteiger partial charge in [0.25, 0.3) is 0 Å². The minimum absolute atomic E-state index is 0.0446. The van der Waals surface area contributed by atoms with Crippen LogP contribution >= 0.6 is 22.9 Å². The molecular formula is C18H21ClN2O2S. The van der Waals surface area contributed by atoms with Crippen LogP contribution in [0, 0.1) is 5.92 Å². The predicted octanol–water partition coefficient (Wildman–Crippen LogP) is 4.24. The van der Waals surface area contributed by atoms with Gasteiger partial charge in [-0.2, -0.15) is 0 Å². The average Bonchev–Trinajstić information content (AvgIpc) is 3.02. The summed E-state index contributed by atoms with van der Waals surface area (Å²) < 4.78 is 0.764. The van der Waals surface area contributed by atoms with Crippen molar-refractivity contribution in [1.29, 1.82) is 0 Å². The Balaban J connectivity index is 1.86. The van der Waals surface area contributed by atoms with Crippen LogP contribution in [0.25, 0.3) is 0 Å². The van der Waals surface area contributed by atoms with Crippen LogP contribution in [0.3, 0.4) is 0 Å². The van der Waals surface area contributed by atoms with Gasteiger partial charge in [0, 0.05) is 11.1 Å². The van der Waals surface area contributed by atoms with Crippen molar-refractivity contribution in [3.8, 4) is 0 Å². The Morgan fingerprint density at radius 3 is 2.62 bits per heavy atom. The van der Waals surface area contributed by atoms with Gasteiger partial charge in [-0.1, -0.05) is 24.6 Å². The standard InChI is InChI=1S/C18H21ClN2O2S/c1-2-12-3-4-14(20-11-12)17(15-5-6-16(19)24-15)21-9-7-13(8-10-21)18(22)23/h3-6,11,13,17H,2,7-10H2,1H3,(H,22,23). The number of halogens is 1. The number of hydrogen-bond acceptors (Lipinski definition) is 4. The molecule has 3 heterocycles. The van der Waals surface area contributed by atoms with Gasteiger partial charge in [0.05, 0.1) is 22.0 Å². The highest BCUT2D eigenvalue weighted by atomic mass is 35.5. The van der Waals surface area contributed by atoms with Crippen molar-refractivity contribution in [3.05, 3.63) is 50.9 Å². The third kappa shape index (κ3) is 3.79. The quantitative estimate of drug-likeness (QED) is 0.861. The molecule has 3 rings (SSSR count). The Morgan fingerprint density at radius 2 is 2.12 bits per heavy atom. The van der Waals surface area contributed by atoms with Crippen molar-refractivity contribution in [2.75, 3.05) is 13.1 Å². The number of carboxylic acid groups (broad SMARTS) is 1. The van der Waals surface area contributed by atoms with Gasteiger partial charge in [0.15, 0.2) is 0 Å². The molecule has 1 unspecified atom stereocenters. The molecule has 0 aromatic carbocycles. The molecule has 4 nitrogen and oxygen atoms in total. The average molecular weight is 365 g/mol. The van der Waals surface area contributed by atoms with Crippen molar-refractivity contribution in [2.24, 2.45) is 5.92 Å². The largest absolute Gasteiger partial charge is 0.481 e. The monoisotopic (exact) mass is 364 g/mol. The van der Waals surface area contributed by atoms with E-state index in [4.69, 9.17) is 11.6 Å². The van der Waals surface area contributed by atoms with E-state index in [2.05, 4.69) is 35.0 Å². The van der Waals surface area contributed by atoms with E-state index >= 15 is 0 Å². The van der Waals surface area contributed by atoms with Gasteiger partial charge in [0.1, 0.15) is 0 Å². The molecule has 6 heteroatoms. The Bertz CT molecular complexity index is 693. The van der Waals surface area contributed by atoms with E-state index in [0.29, 0.717) is 12.8 Å². The summed E-state index contributed by atoms with van der Waals surface area (Å²) in [6.45, 7) is 3.63. The fourth-order valence-corrected chi connectivity index (χ4v) is 4.41. The number of rotatable bonds is 5. The summed E-state index contributed by atoms with van der Waals surface area (Å²) in [7, 11) is 0. The number of hydrogen-bond donors (Lipinski definition) is 1. The summed E-state index contributed by atoms with van der Waals surface area (Å²) in [5.74, 6) is -0.917. The summed E-state index contributed by atoms with van der Waals surface area (Å²) in [6, 6.07) is 8.22. The van der Waals surface area contributed by atoms with Crippen LogP contribution in [0.1, 0.15) is 41.9 Å². The number of nitrogens with zero attached hydrogens (tertiary/aromatic N) is 2. The third-order valence-corrected chi connectivity index (χ3v) is 5.93. The van der Waals surface area contributed by atoms with E-state index in [1.807, 2.05) is 12.3 Å². The zero-order valence-corrected chi connectivity index (χ0v) is 15.2. The van der Waals surface area contributed by atoms with Crippen molar-refractivity contribution in [2.45, 2.75) is 32.2 Å². The lowest BCUT2D eigenvalue weighted by atomic mass is 9.95. The molecule has 2 aromatic heterocycles. The highest BCUT2D eigenvalue weighted by molar-refractivity contribution is 7.16. The van der Waals surface area contributed by atoms with Gasteiger partial charge in [-0.25, -0.2) is 0 Å². The van der Waals surface area contributed by atoms with Gasteiger partial charge in [-0.3, -0.25) is 14.7 Å². The number of likely N-dealkylation sites (tertiary alicyclic amines) is 1. The predicted molar refractivity (Wildman–Crippen MR) is 96.7 cm³/mol. The van der Waals surface area contributed by atoms with E-state index in [9.17, 15) is 9.90 Å². The molecule has 0 aliphatic carbocycles. The van der Waals surface area contributed by atoms with E-state index in [-0.39, 0.29) is 12.0 Å². The van der Waals surface area contributed by atoms with Crippen LogP contribution < -0.4 is 0 Å². The first-order valence-electron chi connectivity index (χ1n) is 8.25. The molecule has 128 valence electrons. The smallest absolute Gasteiger partial charge is 0.306 e. The first kappa shape index (κ1) is 17.4. The van der Waals surface area contributed by atoms with E-state index in [1.165, 1.54) is 5.56 Å². The topological polar surface area (TPSA) is 53.4 Å².